The van der Waals surface area contributed by atoms with Crippen molar-refractivity contribution in [3.8, 4) is 0 Å². The molecule has 0 aromatic carbocycles. The van der Waals surface area contributed by atoms with Crippen molar-refractivity contribution in [2.24, 2.45) is 5.41 Å². The molecule has 0 bridgehead atoms. The summed E-state index contributed by atoms with van der Waals surface area (Å²) in [6, 6.07) is 0. The van der Waals surface area contributed by atoms with Crippen LogP contribution in [-0.4, -0.2) is 85.4 Å². The maximum atomic E-state index is 11.6. The van der Waals surface area contributed by atoms with Crippen molar-refractivity contribution in [1.82, 2.24) is 19.6 Å². The summed E-state index contributed by atoms with van der Waals surface area (Å²) >= 11 is 0. The van der Waals surface area contributed by atoms with E-state index in [1.165, 1.54) is 32.6 Å². The van der Waals surface area contributed by atoms with Gasteiger partial charge in [0.15, 0.2) is 0 Å². The Morgan fingerprint density at radius 2 is 1.34 bits per heavy atom. The fourth-order valence-corrected chi connectivity index (χ4v) is 3.95. The Bertz CT molecular complexity index is 518. The zero-order valence-corrected chi connectivity index (χ0v) is 18.8. The van der Waals surface area contributed by atoms with Gasteiger partial charge in [-0.1, -0.05) is 26.7 Å². The second-order valence-electron chi connectivity index (χ2n) is 8.42. The molecule has 0 atom stereocenters. The molecule has 0 radical (unpaired) electrons. The van der Waals surface area contributed by atoms with E-state index in [9.17, 15) is 4.79 Å². The summed E-state index contributed by atoms with van der Waals surface area (Å²) in [4.78, 5) is 20.9. The predicted molar refractivity (Wildman–Crippen MR) is 116 cm³/mol. The van der Waals surface area contributed by atoms with Gasteiger partial charge < -0.3 is 29.1 Å². The van der Waals surface area contributed by atoms with Crippen LogP contribution < -0.4 is 0 Å². The summed E-state index contributed by atoms with van der Waals surface area (Å²) in [5.41, 5.74) is -0.295. The standard InChI is InChI=1S/C22H40N4O3/c1-5-7-9-23-11-13-25(19-23)15-22(17-28-4,18-29-21(3)27)16-26-14-12-24(20-26)10-8-6-2/h11-14H,5-10,15-20H2,1-4H3. The number of carbonyl (C=O) groups is 1. The molecule has 166 valence electrons. The van der Waals surface area contributed by atoms with Gasteiger partial charge in [0.1, 0.15) is 6.61 Å². The van der Waals surface area contributed by atoms with Gasteiger partial charge in [0.05, 0.1) is 25.4 Å². The highest BCUT2D eigenvalue weighted by Crippen LogP contribution is 2.26. The van der Waals surface area contributed by atoms with E-state index in [4.69, 9.17) is 9.47 Å². The lowest BCUT2D eigenvalue weighted by atomic mass is 9.88. The highest BCUT2D eigenvalue weighted by Gasteiger charge is 2.37. The number of methoxy groups -OCH3 is 1. The van der Waals surface area contributed by atoms with Crippen molar-refractivity contribution in [3.05, 3.63) is 24.8 Å². The Kier molecular flexibility index (Phi) is 9.64. The lowest BCUT2D eigenvalue weighted by Gasteiger charge is -2.39. The van der Waals surface area contributed by atoms with Crippen LogP contribution in [0.2, 0.25) is 0 Å². The quantitative estimate of drug-likeness (QED) is 0.410. The lowest BCUT2D eigenvalue weighted by molar-refractivity contribution is -0.147. The van der Waals surface area contributed by atoms with Gasteiger partial charge in [0, 0.05) is 65.0 Å². The first kappa shape index (κ1) is 23.4. The average Bonchev–Trinajstić information content (AvgIpc) is 3.32. The number of ether oxygens (including phenoxy) is 2. The smallest absolute Gasteiger partial charge is 0.302 e. The molecule has 2 heterocycles. The van der Waals surface area contributed by atoms with E-state index in [1.807, 2.05) is 0 Å². The van der Waals surface area contributed by atoms with Crippen LogP contribution in [0, 0.1) is 5.41 Å². The van der Waals surface area contributed by atoms with Crippen LogP contribution in [0.15, 0.2) is 24.8 Å². The number of hydrogen-bond donors (Lipinski definition) is 0. The van der Waals surface area contributed by atoms with E-state index in [1.54, 1.807) is 7.11 Å². The molecule has 0 unspecified atom stereocenters. The third kappa shape index (κ3) is 7.80. The topological polar surface area (TPSA) is 48.5 Å². The second-order valence-corrected chi connectivity index (χ2v) is 8.42. The first-order valence-electron chi connectivity index (χ1n) is 11.0. The zero-order valence-electron chi connectivity index (χ0n) is 18.8. The molecule has 0 aromatic heterocycles. The maximum Gasteiger partial charge on any atom is 0.302 e. The normalized spacial score (nSPS) is 16.4. The molecule has 0 aliphatic carbocycles. The summed E-state index contributed by atoms with van der Waals surface area (Å²) in [6.07, 6.45) is 13.4. The minimum absolute atomic E-state index is 0.242. The van der Waals surface area contributed by atoms with Crippen LogP contribution >= 0.6 is 0 Å². The molecule has 0 saturated heterocycles. The van der Waals surface area contributed by atoms with Crippen molar-refractivity contribution in [3.63, 3.8) is 0 Å². The maximum absolute atomic E-state index is 11.6. The van der Waals surface area contributed by atoms with Gasteiger partial charge in [0.2, 0.25) is 0 Å². The lowest BCUT2D eigenvalue weighted by Crippen LogP contribution is -2.50. The van der Waals surface area contributed by atoms with E-state index in [0.29, 0.717) is 13.2 Å². The van der Waals surface area contributed by atoms with Crippen LogP contribution in [-0.2, 0) is 14.3 Å². The summed E-state index contributed by atoms with van der Waals surface area (Å²) in [5.74, 6) is -0.242. The first-order valence-corrected chi connectivity index (χ1v) is 11.0. The van der Waals surface area contributed by atoms with Gasteiger partial charge in [-0.3, -0.25) is 4.79 Å². The van der Waals surface area contributed by atoms with Gasteiger partial charge in [-0.05, 0) is 12.8 Å². The molecule has 0 aromatic rings. The van der Waals surface area contributed by atoms with Gasteiger partial charge >= 0.3 is 5.97 Å². The van der Waals surface area contributed by atoms with E-state index in [2.05, 4.69) is 58.2 Å². The molecule has 2 rings (SSSR count). The van der Waals surface area contributed by atoms with E-state index >= 15 is 0 Å². The fourth-order valence-electron chi connectivity index (χ4n) is 3.95. The Labute approximate surface area is 176 Å². The van der Waals surface area contributed by atoms with Crippen molar-refractivity contribution < 1.29 is 14.3 Å². The molecule has 0 saturated carbocycles. The molecule has 2 aliphatic heterocycles. The first-order chi connectivity index (χ1) is 14.0. The molecular weight excluding hydrogens is 368 g/mol. The minimum Gasteiger partial charge on any atom is -0.465 e. The minimum atomic E-state index is -0.295. The molecule has 0 N–H and O–H groups in total. The molecule has 29 heavy (non-hydrogen) atoms. The SMILES string of the molecule is CCCCN1C=CN(CC(COC)(COC(C)=O)CN2C=CN(CCCC)C2)C1. The summed E-state index contributed by atoms with van der Waals surface area (Å²) in [5, 5.41) is 0. The molecule has 0 spiro atoms. The number of unbranched alkanes of at least 4 members (excludes halogenated alkanes) is 2. The predicted octanol–water partition coefficient (Wildman–Crippen LogP) is 2.88. The fraction of sp³-hybridized carbons (Fsp3) is 0.773. The Balaban J connectivity index is 2.02. The van der Waals surface area contributed by atoms with E-state index in [-0.39, 0.29) is 11.4 Å². The largest absolute Gasteiger partial charge is 0.465 e. The van der Waals surface area contributed by atoms with Crippen molar-refractivity contribution in [2.45, 2.75) is 46.5 Å². The van der Waals surface area contributed by atoms with E-state index < -0.39 is 0 Å². The van der Waals surface area contributed by atoms with Crippen LogP contribution in [0.25, 0.3) is 0 Å². The summed E-state index contributed by atoms with van der Waals surface area (Å²) in [6.45, 7) is 12.3. The van der Waals surface area contributed by atoms with Crippen LogP contribution in [0.1, 0.15) is 46.5 Å². The second kappa shape index (κ2) is 12.0. The Morgan fingerprint density at radius 1 is 0.862 bits per heavy atom. The average molecular weight is 409 g/mol. The van der Waals surface area contributed by atoms with Crippen LogP contribution in [0.5, 0.6) is 0 Å². The third-order valence-corrected chi connectivity index (χ3v) is 5.41. The number of hydrogen-bond acceptors (Lipinski definition) is 7. The third-order valence-electron chi connectivity index (χ3n) is 5.41. The Morgan fingerprint density at radius 3 is 1.76 bits per heavy atom. The molecule has 7 nitrogen and oxygen atoms in total. The van der Waals surface area contributed by atoms with Gasteiger partial charge in [-0.25, -0.2) is 0 Å². The highest BCUT2D eigenvalue weighted by atomic mass is 16.5. The molecule has 0 fully saturated rings. The van der Waals surface area contributed by atoms with E-state index in [0.717, 1.165) is 39.5 Å². The number of nitrogens with zero attached hydrogens (tertiary/aromatic N) is 4. The van der Waals surface area contributed by atoms with Crippen molar-refractivity contribution >= 4 is 5.97 Å². The van der Waals surface area contributed by atoms with Crippen molar-refractivity contribution in [2.75, 3.05) is 59.8 Å². The van der Waals surface area contributed by atoms with Crippen molar-refractivity contribution in [1.29, 1.82) is 0 Å². The Hall–Kier alpha value is -1.89. The van der Waals surface area contributed by atoms with Crippen LogP contribution in [0.3, 0.4) is 0 Å². The molecular formula is C22H40N4O3. The zero-order chi connectivity index (χ0) is 21.1. The van der Waals surface area contributed by atoms with Gasteiger partial charge in [0.25, 0.3) is 0 Å². The van der Waals surface area contributed by atoms with Crippen LogP contribution in [0.4, 0.5) is 0 Å². The number of esters is 1. The molecule has 7 heteroatoms. The monoisotopic (exact) mass is 408 g/mol. The van der Waals surface area contributed by atoms with Gasteiger partial charge in [-0.15, -0.1) is 0 Å². The molecule has 2 aliphatic rings. The summed E-state index contributed by atoms with van der Waals surface area (Å²) < 4.78 is 11.1. The number of carbonyl (C=O) groups excluding carboxylic acids is 1. The van der Waals surface area contributed by atoms with Gasteiger partial charge in [-0.2, -0.15) is 0 Å². The summed E-state index contributed by atoms with van der Waals surface area (Å²) in [7, 11) is 1.73. The molecule has 0 amide bonds. The number of rotatable bonds is 14. The highest BCUT2D eigenvalue weighted by molar-refractivity contribution is 5.65.